The summed E-state index contributed by atoms with van der Waals surface area (Å²) in [5.41, 5.74) is -0.372. The maximum Gasteiger partial charge on any atom is 0.333 e. The minimum Gasteiger partial charge on any atom is -0.471 e. The number of rotatable bonds is 2. The van der Waals surface area contributed by atoms with Gasteiger partial charge in [-0.1, -0.05) is 13.8 Å². The van der Waals surface area contributed by atoms with E-state index in [2.05, 4.69) is 13.8 Å². The summed E-state index contributed by atoms with van der Waals surface area (Å²) in [7, 11) is 3.17. The minimum absolute atomic E-state index is 0.0214. The topological polar surface area (TPSA) is 73.5 Å². The smallest absolute Gasteiger partial charge is 0.333 e. The van der Waals surface area contributed by atoms with Crippen molar-refractivity contribution in [2.24, 2.45) is 31.3 Å². The van der Waals surface area contributed by atoms with Crippen LogP contribution in [-0.2, 0) is 14.1 Å². The first kappa shape index (κ1) is 15.0. The molecule has 1 aromatic rings. The van der Waals surface area contributed by atoms with Crippen LogP contribution in [0.25, 0.3) is 0 Å². The highest BCUT2D eigenvalue weighted by atomic mass is 16.5. The van der Waals surface area contributed by atoms with E-state index in [-0.39, 0.29) is 29.2 Å². The van der Waals surface area contributed by atoms with Gasteiger partial charge in [0.15, 0.2) is 0 Å². The Bertz CT molecular complexity index is 806. The third-order valence-corrected chi connectivity index (χ3v) is 6.95. The van der Waals surface area contributed by atoms with Gasteiger partial charge in [0, 0.05) is 39.0 Å². The van der Waals surface area contributed by atoms with E-state index in [1.165, 1.54) is 16.2 Å². The van der Waals surface area contributed by atoms with E-state index in [9.17, 15) is 14.7 Å². The highest BCUT2D eigenvalue weighted by molar-refractivity contribution is 5.41. The first-order valence-corrected chi connectivity index (χ1v) is 8.35. The fourth-order valence-electron chi connectivity index (χ4n) is 5.50. The highest BCUT2D eigenvalue weighted by Crippen LogP contribution is 2.70. The Morgan fingerprint density at radius 1 is 1.22 bits per heavy atom. The predicted octanol–water partition coefficient (Wildman–Crippen LogP) is 0.747. The summed E-state index contributed by atoms with van der Waals surface area (Å²) >= 11 is 0. The molecule has 0 saturated heterocycles. The molecule has 3 saturated carbocycles. The fraction of sp³-hybridized carbons (Fsp3) is 0.765. The lowest BCUT2D eigenvalue weighted by Gasteiger charge is -2.65. The third kappa shape index (κ3) is 1.53. The summed E-state index contributed by atoms with van der Waals surface area (Å²) in [5.74, 6) is 1.27. The van der Waals surface area contributed by atoms with Crippen molar-refractivity contribution in [2.75, 3.05) is 6.61 Å². The van der Waals surface area contributed by atoms with E-state index in [4.69, 9.17) is 4.74 Å². The Labute approximate surface area is 134 Å². The summed E-state index contributed by atoms with van der Waals surface area (Å²) in [5, 5.41) is 9.66. The molecule has 1 unspecified atom stereocenters. The van der Waals surface area contributed by atoms with Gasteiger partial charge < -0.3 is 9.84 Å². The van der Waals surface area contributed by atoms with Crippen molar-refractivity contribution in [3.63, 3.8) is 0 Å². The summed E-state index contributed by atoms with van der Waals surface area (Å²) < 4.78 is 8.97. The van der Waals surface area contributed by atoms with Crippen LogP contribution in [0.5, 0.6) is 5.88 Å². The van der Waals surface area contributed by atoms with Gasteiger partial charge in [-0.3, -0.25) is 13.9 Å². The lowest BCUT2D eigenvalue weighted by Crippen LogP contribution is -2.65. The number of hydrogen-bond donors (Lipinski definition) is 1. The molecule has 1 N–H and O–H groups in total. The first-order valence-electron chi connectivity index (χ1n) is 8.35. The van der Waals surface area contributed by atoms with Gasteiger partial charge in [-0.25, -0.2) is 4.79 Å². The maximum absolute atomic E-state index is 12.7. The molecule has 23 heavy (non-hydrogen) atoms. The van der Waals surface area contributed by atoms with Crippen molar-refractivity contribution in [1.82, 2.24) is 9.13 Å². The number of fused-ring (bicyclic) bond motifs is 1. The Hall–Kier alpha value is -1.56. The van der Waals surface area contributed by atoms with E-state index >= 15 is 0 Å². The van der Waals surface area contributed by atoms with Crippen molar-refractivity contribution in [2.45, 2.75) is 44.6 Å². The number of nitrogens with zero attached hydrogens (tertiary/aromatic N) is 2. The second-order valence-corrected chi connectivity index (χ2v) is 8.05. The monoisotopic (exact) mass is 320 g/mol. The van der Waals surface area contributed by atoms with Crippen molar-refractivity contribution in [3.8, 4) is 5.88 Å². The molecule has 0 radical (unpaired) electrons. The molecular weight excluding hydrogens is 296 g/mol. The molecule has 6 heteroatoms. The highest BCUT2D eigenvalue weighted by Gasteiger charge is 2.69. The number of aliphatic hydroxyl groups excluding tert-OH is 1. The molecule has 2 bridgehead atoms. The van der Waals surface area contributed by atoms with E-state index < -0.39 is 5.60 Å². The quantitative estimate of drug-likeness (QED) is 0.872. The molecule has 4 aliphatic rings. The average Bonchev–Trinajstić information content (AvgIpc) is 2.85. The van der Waals surface area contributed by atoms with Gasteiger partial charge in [-0.15, -0.1) is 0 Å². The molecule has 1 aliphatic heterocycles. The zero-order chi connectivity index (χ0) is 16.7. The molecule has 5 rings (SSSR count). The Morgan fingerprint density at radius 2 is 1.91 bits per heavy atom. The molecule has 0 aromatic carbocycles. The number of aromatic nitrogens is 2. The molecule has 0 spiro atoms. The molecule has 126 valence electrons. The van der Waals surface area contributed by atoms with Gasteiger partial charge in [-0.2, -0.15) is 0 Å². The van der Waals surface area contributed by atoms with Gasteiger partial charge in [-0.05, 0) is 24.2 Å². The number of aliphatic hydroxyl groups is 1. The molecule has 1 aromatic heterocycles. The summed E-state index contributed by atoms with van der Waals surface area (Å²) in [4.78, 5) is 25.0. The van der Waals surface area contributed by atoms with E-state index in [0.29, 0.717) is 29.7 Å². The normalized spacial score (nSPS) is 36.0. The van der Waals surface area contributed by atoms with Crippen LogP contribution in [0.1, 0.15) is 44.6 Å². The predicted molar refractivity (Wildman–Crippen MR) is 84.7 cm³/mol. The Morgan fingerprint density at radius 3 is 2.52 bits per heavy atom. The van der Waals surface area contributed by atoms with Gasteiger partial charge >= 0.3 is 5.69 Å². The second kappa shape index (κ2) is 4.29. The zero-order valence-electron chi connectivity index (χ0n) is 14.1. The second-order valence-electron chi connectivity index (χ2n) is 8.05. The SMILES string of the molecule is Cn1c2c(c(=O)n(C)c1=O)[C@H]1C[C@@H]3CC(C3(C)C)[C@@]1(CCO)O2. The van der Waals surface area contributed by atoms with E-state index in [1.807, 2.05) is 0 Å². The zero-order valence-corrected chi connectivity index (χ0v) is 14.1. The van der Waals surface area contributed by atoms with Crippen LogP contribution >= 0.6 is 0 Å². The van der Waals surface area contributed by atoms with Gasteiger partial charge in [0.1, 0.15) is 5.60 Å². The van der Waals surface area contributed by atoms with Crippen molar-refractivity contribution < 1.29 is 9.84 Å². The fourth-order valence-corrected chi connectivity index (χ4v) is 5.50. The average molecular weight is 320 g/mol. The van der Waals surface area contributed by atoms with Gasteiger partial charge in [0.2, 0.25) is 5.88 Å². The van der Waals surface area contributed by atoms with E-state index in [0.717, 1.165) is 12.8 Å². The lowest BCUT2D eigenvalue weighted by atomic mass is 9.41. The van der Waals surface area contributed by atoms with Crippen LogP contribution in [-0.4, -0.2) is 26.4 Å². The molecular formula is C17H24N2O4. The van der Waals surface area contributed by atoms with Crippen LogP contribution in [0.2, 0.25) is 0 Å². The summed E-state index contributed by atoms with van der Waals surface area (Å²) in [6, 6.07) is 0. The van der Waals surface area contributed by atoms with E-state index in [1.54, 1.807) is 7.05 Å². The van der Waals surface area contributed by atoms with Crippen LogP contribution < -0.4 is 16.0 Å². The molecule has 4 atom stereocenters. The molecule has 6 nitrogen and oxygen atoms in total. The largest absolute Gasteiger partial charge is 0.471 e. The van der Waals surface area contributed by atoms with Gasteiger partial charge in [0.25, 0.3) is 5.56 Å². The third-order valence-electron chi connectivity index (χ3n) is 6.95. The number of hydrogen-bond acceptors (Lipinski definition) is 4. The molecule has 3 aliphatic carbocycles. The van der Waals surface area contributed by atoms with Crippen LogP contribution in [0.3, 0.4) is 0 Å². The maximum atomic E-state index is 12.7. The van der Waals surface area contributed by atoms with Crippen LogP contribution in [0.15, 0.2) is 9.59 Å². The summed E-state index contributed by atoms with van der Waals surface area (Å²) in [6.07, 6.45) is 2.47. The lowest BCUT2D eigenvalue weighted by molar-refractivity contribution is -0.197. The standard InChI is InChI=1S/C17H24N2O4/c1-16(2)9-7-10-12-13(21)18(3)15(22)19(4)14(12)23-17(10,5-6-20)11(16)8-9/h9-11,20H,5-8H2,1-4H3/t9-,10-,11?,17+/m1/s1. The summed E-state index contributed by atoms with van der Waals surface area (Å²) in [6.45, 7) is 4.53. The molecule has 2 heterocycles. The Kier molecular flexibility index (Phi) is 2.80. The van der Waals surface area contributed by atoms with Gasteiger partial charge in [0.05, 0.1) is 5.56 Å². The Balaban J connectivity index is 1.96. The molecule has 3 fully saturated rings. The molecule has 0 amide bonds. The van der Waals surface area contributed by atoms with Crippen molar-refractivity contribution in [3.05, 3.63) is 26.4 Å². The van der Waals surface area contributed by atoms with Crippen molar-refractivity contribution in [1.29, 1.82) is 0 Å². The minimum atomic E-state index is -0.549. The van der Waals surface area contributed by atoms with Crippen LogP contribution in [0, 0.1) is 17.3 Å². The van der Waals surface area contributed by atoms with Crippen LogP contribution in [0.4, 0.5) is 0 Å². The van der Waals surface area contributed by atoms with Crippen molar-refractivity contribution >= 4 is 0 Å². The first-order chi connectivity index (χ1) is 10.8. The number of ether oxygens (including phenoxy) is 1.